The molecule has 0 aliphatic heterocycles. The van der Waals surface area contributed by atoms with Gasteiger partial charge in [0.15, 0.2) is 0 Å². The maximum atomic E-state index is 12.2. The van der Waals surface area contributed by atoms with Crippen LogP contribution in [-0.2, 0) is 5.41 Å². The third-order valence-electron chi connectivity index (χ3n) is 3.99. The molecule has 3 N–H and O–H groups in total. The zero-order valence-electron chi connectivity index (χ0n) is 14.5. The van der Waals surface area contributed by atoms with Gasteiger partial charge in [-0.3, -0.25) is 9.59 Å². The van der Waals surface area contributed by atoms with Crippen LogP contribution in [0.1, 0.15) is 53.9 Å². The monoisotopic (exact) mass is 328 g/mol. The molecular weight excluding hydrogens is 304 g/mol. The first kappa shape index (κ1) is 17.9. The molecular formula is C19H24N2O3. The van der Waals surface area contributed by atoms with E-state index in [1.165, 1.54) is 17.8 Å². The molecule has 1 heterocycles. The Morgan fingerprint density at radius 3 is 2.42 bits per heavy atom. The SMILES string of the molecule is Cc1cc(=O)[nH]cc1C(=O)NCC(O)c1ccc(C(C)(C)C)cc1. The molecule has 0 radical (unpaired) electrons. The molecule has 1 atom stereocenters. The number of H-pyrrole nitrogens is 1. The maximum absolute atomic E-state index is 12.2. The molecule has 0 aliphatic carbocycles. The van der Waals surface area contributed by atoms with Gasteiger partial charge in [0.2, 0.25) is 5.56 Å². The van der Waals surface area contributed by atoms with Gasteiger partial charge in [-0.2, -0.15) is 0 Å². The molecule has 0 aliphatic rings. The van der Waals surface area contributed by atoms with Gasteiger partial charge in [0, 0.05) is 18.8 Å². The lowest BCUT2D eigenvalue weighted by Gasteiger charge is -2.20. The van der Waals surface area contributed by atoms with Crippen molar-refractivity contribution in [3.8, 4) is 0 Å². The fourth-order valence-electron chi connectivity index (χ4n) is 2.43. The molecule has 0 saturated heterocycles. The lowest BCUT2D eigenvalue weighted by molar-refractivity contribution is 0.0915. The summed E-state index contributed by atoms with van der Waals surface area (Å²) in [6, 6.07) is 9.11. The summed E-state index contributed by atoms with van der Waals surface area (Å²) in [5.74, 6) is -0.325. The second kappa shape index (κ2) is 7.01. The number of aromatic nitrogens is 1. The van der Waals surface area contributed by atoms with E-state index in [1.54, 1.807) is 6.92 Å². The molecule has 24 heavy (non-hydrogen) atoms. The summed E-state index contributed by atoms with van der Waals surface area (Å²) in [5, 5.41) is 12.9. The number of aliphatic hydroxyl groups is 1. The van der Waals surface area contributed by atoms with Crippen LogP contribution in [0.25, 0.3) is 0 Å². The Bertz CT molecular complexity index is 770. The van der Waals surface area contributed by atoms with Crippen LogP contribution in [0.2, 0.25) is 0 Å². The molecule has 1 amide bonds. The number of rotatable bonds is 4. The van der Waals surface area contributed by atoms with Crippen molar-refractivity contribution in [2.75, 3.05) is 6.54 Å². The van der Waals surface area contributed by atoms with Crippen molar-refractivity contribution < 1.29 is 9.90 Å². The Morgan fingerprint density at radius 1 is 1.25 bits per heavy atom. The predicted octanol–water partition coefficient (Wildman–Crippen LogP) is 2.44. The van der Waals surface area contributed by atoms with Crippen LogP contribution in [0.15, 0.2) is 41.3 Å². The average molecular weight is 328 g/mol. The summed E-state index contributed by atoms with van der Waals surface area (Å²) in [7, 11) is 0. The average Bonchev–Trinajstić information content (AvgIpc) is 2.51. The second-order valence-corrected chi connectivity index (χ2v) is 6.99. The van der Waals surface area contributed by atoms with Crippen LogP contribution in [0.5, 0.6) is 0 Å². The molecule has 0 saturated carbocycles. The number of aryl methyl sites for hydroxylation is 1. The van der Waals surface area contributed by atoms with E-state index in [1.807, 2.05) is 24.3 Å². The highest BCUT2D eigenvalue weighted by Gasteiger charge is 2.16. The zero-order valence-corrected chi connectivity index (χ0v) is 14.5. The third-order valence-corrected chi connectivity index (χ3v) is 3.99. The van der Waals surface area contributed by atoms with Gasteiger partial charge in [0.1, 0.15) is 0 Å². The quantitative estimate of drug-likeness (QED) is 0.806. The van der Waals surface area contributed by atoms with Gasteiger partial charge in [-0.1, -0.05) is 45.0 Å². The molecule has 1 aromatic carbocycles. The molecule has 0 bridgehead atoms. The summed E-state index contributed by atoms with van der Waals surface area (Å²) >= 11 is 0. The maximum Gasteiger partial charge on any atom is 0.253 e. The fourth-order valence-corrected chi connectivity index (χ4v) is 2.43. The van der Waals surface area contributed by atoms with E-state index in [9.17, 15) is 14.7 Å². The highest BCUT2D eigenvalue weighted by molar-refractivity contribution is 5.95. The molecule has 1 unspecified atom stereocenters. The summed E-state index contributed by atoms with van der Waals surface area (Å²) in [6.45, 7) is 8.19. The summed E-state index contributed by atoms with van der Waals surface area (Å²) in [6.07, 6.45) is 0.600. The number of pyridine rings is 1. The second-order valence-electron chi connectivity index (χ2n) is 6.99. The van der Waals surface area contributed by atoms with Crippen molar-refractivity contribution in [1.29, 1.82) is 0 Å². The van der Waals surface area contributed by atoms with Crippen molar-refractivity contribution in [2.45, 2.75) is 39.2 Å². The van der Waals surface area contributed by atoms with Gasteiger partial charge in [-0.05, 0) is 29.0 Å². The molecule has 2 aromatic rings. The third kappa shape index (κ3) is 4.32. The molecule has 0 spiro atoms. The van der Waals surface area contributed by atoms with E-state index < -0.39 is 6.10 Å². The first-order chi connectivity index (χ1) is 11.2. The smallest absolute Gasteiger partial charge is 0.253 e. The number of benzene rings is 1. The van der Waals surface area contributed by atoms with Crippen molar-refractivity contribution in [3.05, 3.63) is 69.1 Å². The Labute approximate surface area is 141 Å². The Balaban J connectivity index is 2.01. The van der Waals surface area contributed by atoms with Crippen LogP contribution in [-0.4, -0.2) is 22.5 Å². The van der Waals surface area contributed by atoms with Crippen molar-refractivity contribution in [1.82, 2.24) is 10.3 Å². The number of aliphatic hydroxyl groups excluding tert-OH is 1. The van der Waals surface area contributed by atoms with Gasteiger partial charge in [-0.15, -0.1) is 0 Å². The van der Waals surface area contributed by atoms with E-state index in [4.69, 9.17) is 0 Å². The van der Waals surface area contributed by atoms with Gasteiger partial charge >= 0.3 is 0 Å². The van der Waals surface area contributed by atoms with E-state index in [2.05, 4.69) is 31.1 Å². The molecule has 5 nitrogen and oxygen atoms in total. The number of aromatic amines is 1. The van der Waals surface area contributed by atoms with Crippen molar-refractivity contribution in [2.24, 2.45) is 0 Å². The number of nitrogens with one attached hydrogen (secondary N) is 2. The number of carbonyl (C=O) groups excluding carboxylic acids is 1. The number of carbonyl (C=O) groups is 1. The van der Waals surface area contributed by atoms with E-state index >= 15 is 0 Å². The molecule has 1 aromatic heterocycles. The van der Waals surface area contributed by atoms with E-state index in [-0.39, 0.29) is 23.4 Å². The zero-order chi connectivity index (χ0) is 17.9. The number of hydrogen-bond acceptors (Lipinski definition) is 3. The van der Waals surface area contributed by atoms with Crippen LogP contribution >= 0.6 is 0 Å². The summed E-state index contributed by atoms with van der Waals surface area (Å²) in [4.78, 5) is 25.8. The minimum atomic E-state index is -0.786. The molecule has 0 fully saturated rings. The van der Waals surface area contributed by atoms with Gasteiger partial charge in [-0.25, -0.2) is 0 Å². The van der Waals surface area contributed by atoms with Crippen LogP contribution < -0.4 is 10.9 Å². The summed E-state index contributed by atoms with van der Waals surface area (Å²) < 4.78 is 0. The minimum absolute atomic E-state index is 0.0550. The van der Waals surface area contributed by atoms with Crippen LogP contribution in [0, 0.1) is 6.92 Å². The lowest BCUT2D eigenvalue weighted by atomic mass is 9.86. The first-order valence-corrected chi connectivity index (χ1v) is 7.94. The van der Waals surface area contributed by atoms with Gasteiger partial charge < -0.3 is 15.4 Å². The van der Waals surface area contributed by atoms with Crippen molar-refractivity contribution in [3.63, 3.8) is 0 Å². The highest BCUT2D eigenvalue weighted by Crippen LogP contribution is 2.23. The van der Waals surface area contributed by atoms with E-state index in [0.29, 0.717) is 11.1 Å². The Hall–Kier alpha value is -2.40. The molecule has 128 valence electrons. The topological polar surface area (TPSA) is 82.2 Å². The minimum Gasteiger partial charge on any atom is -0.387 e. The van der Waals surface area contributed by atoms with Crippen LogP contribution in [0.3, 0.4) is 0 Å². The Kier molecular flexibility index (Phi) is 5.24. The lowest BCUT2D eigenvalue weighted by Crippen LogP contribution is -2.29. The standard InChI is InChI=1S/C19H24N2O3/c1-12-9-17(23)20-10-15(12)18(24)21-11-16(22)13-5-7-14(8-6-13)19(2,3)4/h5-10,16,22H,11H2,1-4H3,(H,20,23)(H,21,24). The normalized spacial score (nSPS) is 12.7. The van der Waals surface area contributed by atoms with E-state index in [0.717, 1.165) is 5.56 Å². The number of amides is 1. The molecule has 2 rings (SSSR count). The number of hydrogen-bond donors (Lipinski definition) is 3. The fraction of sp³-hybridized carbons (Fsp3) is 0.368. The van der Waals surface area contributed by atoms with Gasteiger partial charge in [0.05, 0.1) is 11.7 Å². The highest BCUT2D eigenvalue weighted by atomic mass is 16.3. The van der Waals surface area contributed by atoms with Crippen LogP contribution in [0.4, 0.5) is 0 Å². The first-order valence-electron chi connectivity index (χ1n) is 7.94. The Morgan fingerprint density at radius 2 is 1.88 bits per heavy atom. The largest absolute Gasteiger partial charge is 0.387 e. The van der Waals surface area contributed by atoms with Crippen molar-refractivity contribution >= 4 is 5.91 Å². The van der Waals surface area contributed by atoms with Gasteiger partial charge in [0.25, 0.3) is 5.91 Å². The predicted molar refractivity (Wildman–Crippen MR) is 94.2 cm³/mol. The summed E-state index contributed by atoms with van der Waals surface area (Å²) in [5.41, 5.74) is 2.74. The molecule has 5 heteroatoms.